The predicted molar refractivity (Wildman–Crippen MR) is 111 cm³/mol. The number of aromatic nitrogens is 2. The van der Waals surface area contributed by atoms with E-state index in [0.717, 1.165) is 16.2 Å². The van der Waals surface area contributed by atoms with Gasteiger partial charge in [-0.15, -0.1) is 22.7 Å². The van der Waals surface area contributed by atoms with Gasteiger partial charge in [-0.05, 0) is 40.2 Å². The molecular formula is C19H21N3O5S2. The number of rotatable bonds is 6. The third-order valence-corrected chi connectivity index (χ3v) is 5.99. The second-order valence-electron chi connectivity index (χ2n) is 6.55. The number of thiophene rings is 1. The number of hydrogen-bond donors (Lipinski definition) is 1. The summed E-state index contributed by atoms with van der Waals surface area (Å²) in [6.45, 7) is 8.92. The number of amides is 1. The van der Waals surface area contributed by atoms with Crippen LogP contribution in [0.15, 0.2) is 12.4 Å². The van der Waals surface area contributed by atoms with E-state index in [0.29, 0.717) is 10.5 Å². The summed E-state index contributed by atoms with van der Waals surface area (Å²) in [6.07, 6.45) is 3.19. The van der Waals surface area contributed by atoms with E-state index in [-0.39, 0.29) is 33.8 Å². The molecular weight excluding hydrogens is 414 g/mol. The van der Waals surface area contributed by atoms with Crippen LogP contribution >= 0.6 is 22.7 Å². The summed E-state index contributed by atoms with van der Waals surface area (Å²) in [5.74, 6) is -1.64. The van der Waals surface area contributed by atoms with Crippen molar-refractivity contribution in [2.45, 2.75) is 40.7 Å². The molecule has 0 aliphatic heterocycles. The molecule has 3 heterocycles. The van der Waals surface area contributed by atoms with Gasteiger partial charge in [-0.25, -0.2) is 14.6 Å². The van der Waals surface area contributed by atoms with Gasteiger partial charge in [0.15, 0.2) is 4.96 Å². The molecule has 0 fully saturated rings. The van der Waals surface area contributed by atoms with Crippen LogP contribution in [-0.4, -0.2) is 39.9 Å². The Kier molecular flexibility index (Phi) is 6.04. The summed E-state index contributed by atoms with van der Waals surface area (Å²) in [7, 11) is 0. The van der Waals surface area contributed by atoms with Crippen LogP contribution in [0.1, 0.15) is 61.7 Å². The number of aryl methyl sites for hydroxylation is 1. The zero-order valence-electron chi connectivity index (χ0n) is 16.7. The molecule has 29 heavy (non-hydrogen) atoms. The van der Waals surface area contributed by atoms with Crippen LogP contribution in [0.5, 0.6) is 0 Å². The van der Waals surface area contributed by atoms with E-state index in [2.05, 4.69) is 10.3 Å². The van der Waals surface area contributed by atoms with Gasteiger partial charge in [0.2, 0.25) is 0 Å². The Balaban J connectivity index is 1.95. The minimum atomic E-state index is -0.610. The molecule has 0 atom stereocenters. The van der Waals surface area contributed by atoms with Gasteiger partial charge in [-0.3, -0.25) is 9.20 Å². The van der Waals surface area contributed by atoms with Gasteiger partial charge in [-0.1, -0.05) is 0 Å². The molecule has 3 aromatic heterocycles. The summed E-state index contributed by atoms with van der Waals surface area (Å²) < 4.78 is 12.1. The Morgan fingerprint density at radius 2 is 1.90 bits per heavy atom. The third kappa shape index (κ3) is 4.33. The van der Waals surface area contributed by atoms with Crippen molar-refractivity contribution in [3.63, 3.8) is 0 Å². The van der Waals surface area contributed by atoms with Gasteiger partial charge in [0.05, 0.1) is 18.3 Å². The fourth-order valence-corrected chi connectivity index (χ4v) is 4.58. The van der Waals surface area contributed by atoms with Crippen molar-refractivity contribution in [2.24, 2.45) is 0 Å². The van der Waals surface area contributed by atoms with Crippen LogP contribution in [-0.2, 0) is 9.47 Å². The number of imidazole rings is 1. The Morgan fingerprint density at radius 1 is 1.17 bits per heavy atom. The van der Waals surface area contributed by atoms with E-state index in [1.165, 1.54) is 11.3 Å². The van der Waals surface area contributed by atoms with E-state index in [9.17, 15) is 14.4 Å². The van der Waals surface area contributed by atoms with Crippen molar-refractivity contribution in [3.05, 3.63) is 39.0 Å². The molecule has 0 aliphatic carbocycles. The first kappa shape index (κ1) is 21.0. The number of anilines is 1. The van der Waals surface area contributed by atoms with E-state index in [1.54, 1.807) is 38.3 Å². The summed E-state index contributed by atoms with van der Waals surface area (Å²) in [5, 5.41) is 2.93. The predicted octanol–water partition coefficient (Wildman–Crippen LogP) is 4.07. The molecule has 0 saturated heterocycles. The first-order valence-corrected chi connectivity index (χ1v) is 10.6. The monoisotopic (exact) mass is 435 g/mol. The van der Waals surface area contributed by atoms with Crippen molar-refractivity contribution in [3.8, 4) is 0 Å². The van der Waals surface area contributed by atoms with Gasteiger partial charge in [0.25, 0.3) is 5.91 Å². The first-order chi connectivity index (χ1) is 13.7. The maximum absolute atomic E-state index is 12.7. The first-order valence-electron chi connectivity index (χ1n) is 8.99. The Bertz CT molecular complexity index is 1060. The second-order valence-corrected chi connectivity index (χ2v) is 8.78. The lowest BCUT2D eigenvalue weighted by molar-refractivity contribution is 0.0383. The van der Waals surface area contributed by atoms with Crippen molar-refractivity contribution in [1.82, 2.24) is 9.38 Å². The molecule has 0 aromatic carbocycles. The minimum Gasteiger partial charge on any atom is -0.462 e. The van der Waals surface area contributed by atoms with Gasteiger partial charge in [0, 0.05) is 17.3 Å². The topological polar surface area (TPSA) is 99.0 Å². The van der Waals surface area contributed by atoms with Crippen molar-refractivity contribution in [2.75, 3.05) is 11.9 Å². The van der Waals surface area contributed by atoms with E-state index < -0.39 is 17.8 Å². The Hall–Kier alpha value is -2.72. The van der Waals surface area contributed by atoms with E-state index >= 15 is 0 Å². The van der Waals surface area contributed by atoms with Gasteiger partial charge in [0.1, 0.15) is 15.6 Å². The molecule has 0 radical (unpaired) electrons. The smallest absolute Gasteiger partial charge is 0.348 e. The SMILES string of the molecule is CCOC(=O)c1c(NC(=O)c2cn3cc(C)sc3n2)sc(C(=O)OC(C)C)c1C. The highest BCUT2D eigenvalue weighted by Crippen LogP contribution is 2.35. The number of esters is 2. The van der Waals surface area contributed by atoms with Crippen LogP contribution in [0.25, 0.3) is 4.96 Å². The molecule has 1 amide bonds. The van der Waals surface area contributed by atoms with Crippen LogP contribution in [0.2, 0.25) is 0 Å². The number of ether oxygens (including phenoxy) is 2. The number of carbonyl (C=O) groups excluding carboxylic acids is 3. The van der Waals surface area contributed by atoms with Gasteiger partial charge >= 0.3 is 11.9 Å². The highest BCUT2D eigenvalue weighted by Gasteiger charge is 2.28. The highest BCUT2D eigenvalue weighted by molar-refractivity contribution is 7.18. The zero-order chi connectivity index (χ0) is 21.3. The molecule has 0 bridgehead atoms. The molecule has 8 nitrogen and oxygen atoms in total. The number of carbonyl (C=O) groups is 3. The quantitative estimate of drug-likeness (QED) is 0.586. The molecule has 0 unspecified atom stereocenters. The minimum absolute atomic E-state index is 0.151. The average molecular weight is 436 g/mol. The van der Waals surface area contributed by atoms with Crippen LogP contribution in [0.4, 0.5) is 5.00 Å². The van der Waals surface area contributed by atoms with Crippen LogP contribution in [0.3, 0.4) is 0 Å². The molecule has 3 aromatic rings. The number of hydrogen-bond acceptors (Lipinski definition) is 8. The standard InChI is InChI=1S/C19H21N3O5S2/c1-6-26-17(24)13-11(5)14(18(25)27-9(2)3)29-16(13)21-15(23)12-8-22-7-10(4)28-19(22)20-12/h7-9H,6H2,1-5H3,(H,21,23). The van der Waals surface area contributed by atoms with Crippen LogP contribution < -0.4 is 5.32 Å². The molecule has 0 saturated carbocycles. The Labute approximate surface area is 175 Å². The lowest BCUT2D eigenvalue weighted by atomic mass is 10.1. The largest absolute Gasteiger partial charge is 0.462 e. The molecule has 3 rings (SSSR count). The molecule has 154 valence electrons. The summed E-state index contributed by atoms with van der Waals surface area (Å²) in [4.78, 5) is 43.9. The van der Waals surface area contributed by atoms with Gasteiger partial charge in [-0.2, -0.15) is 0 Å². The fraction of sp³-hybridized carbons (Fsp3) is 0.368. The Morgan fingerprint density at radius 3 is 2.52 bits per heavy atom. The molecule has 0 spiro atoms. The molecule has 10 heteroatoms. The van der Waals surface area contributed by atoms with Crippen molar-refractivity contribution < 1.29 is 23.9 Å². The fourth-order valence-electron chi connectivity index (χ4n) is 2.70. The summed E-state index contributed by atoms with van der Waals surface area (Å²) in [5.41, 5.74) is 0.775. The number of thiazole rings is 1. The lowest BCUT2D eigenvalue weighted by Gasteiger charge is -2.07. The number of nitrogens with zero attached hydrogens (tertiary/aromatic N) is 2. The highest BCUT2D eigenvalue weighted by atomic mass is 32.1. The van der Waals surface area contributed by atoms with Crippen LogP contribution in [0, 0.1) is 13.8 Å². The summed E-state index contributed by atoms with van der Waals surface area (Å²) >= 11 is 2.45. The molecule has 1 N–H and O–H groups in total. The number of fused-ring (bicyclic) bond motifs is 1. The van der Waals surface area contributed by atoms with E-state index in [4.69, 9.17) is 9.47 Å². The maximum Gasteiger partial charge on any atom is 0.348 e. The normalized spacial score (nSPS) is 11.1. The maximum atomic E-state index is 12.7. The second kappa shape index (κ2) is 8.34. The number of nitrogens with one attached hydrogen (secondary N) is 1. The zero-order valence-corrected chi connectivity index (χ0v) is 18.3. The third-order valence-electron chi connectivity index (χ3n) is 3.89. The van der Waals surface area contributed by atoms with Crippen molar-refractivity contribution >= 4 is 50.5 Å². The average Bonchev–Trinajstić information content (AvgIpc) is 3.25. The molecule has 0 aliphatic rings. The van der Waals surface area contributed by atoms with Gasteiger partial charge < -0.3 is 14.8 Å². The summed E-state index contributed by atoms with van der Waals surface area (Å²) in [6, 6.07) is 0. The lowest BCUT2D eigenvalue weighted by Crippen LogP contribution is -2.15. The van der Waals surface area contributed by atoms with E-state index in [1.807, 2.05) is 13.1 Å². The van der Waals surface area contributed by atoms with Crippen molar-refractivity contribution in [1.29, 1.82) is 0 Å².